The number of aromatic carboxylic acids is 1. The van der Waals surface area contributed by atoms with E-state index < -0.39 is 33.0 Å². The Hall–Kier alpha value is -2.28. The first kappa shape index (κ1) is 15.1. The lowest BCUT2D eigenvalue weighted by atomic mass is 10.0. The molecule has 110 valence electrons. The second kappa shape index (κ2) is 5.25. The fourth-order valence-electron chi connectivity index (χ4n) is 1.82. The van der Waals surface area contributed by atoms with Gasteiger partial charge in [0.2, 0.25) is 0 Å². The molecule has 4 nitrogen and oxygen atoms in total. The Kier molecular flexibility index (Phi) is 3.78. The Morgan fingerprint density at radius 3 is 2.05 bits per heavy atom. The van der Waals surface area contributed by atoms with Gasteiger partial charge in [-0.1, -0.05) is 18.2 Å². The minimum absolute atomic E-state index is 0.0503. The van der Waals surface area contributed by atoms with Crippen molar-refractivity contribution in [2.75, 3.05) is 6.26 Å². The van der Waals surface area contributed by atoms with Crippen LogP contribution in [-0.2, 0) is 9.84 Å². The van der Waals surface area contributed by atoms with E-state index in [9.17, 15) is 22.0 Å². The van der Waals surface area contributed by atoms with Crippen molar-refractivity contribution in [1.82, 2.24) is 0 Å². The molecule has 0 unspecified atom stereocenters. The molecule has 7 heteroatoms. The Morgan fingerprint density at radius 1 is 1.00 bits per heavy atom. The van der Waals surface area contributed by atoms with Crippen LogP contribution in [0.4, 0.5) is 8.78 Å². The number of sulfone groups is 1. The number of hydrogen-bond acceptors (Lipinski definition) is 3. The van der Waals surface area contributed by atoms with Crippen molar-refractivity contribution in [2.24, 2.45) is 0 Å². The summed E-state index contributed by atoms with van der Waals surface area (Å²) in [5.74, 6) is -4.31. The smallest absolute Gasteiger partial charge is 0.338 e. The van der Waals surface area contributed by atoms with Gasteiger partial charge in [0, 0.05) is 11.8 Å². The lowest BCUT2D eigenvalue weighted by molar-refractivity contribution is 0.0690. The highest BCUT2D eigenvalue weighted by molar-refractivity contribution is 7.90. The van der Waals surface area contributed by atoms with Gasteiger partial charge in [0.25, 0.3) is 0 Å². The number of hydrogen-bond donors (Lipinski definition) is 1. The fraction of sp³-hybridized carbons (Fsp3) is 0.0714. The van der Waals surface area contributed by atoms with Crippen molar-refractivity contribution in [3.05, 3.63) is 53.6 Å². The zero-order valence-corrected chi connectivity index (χ0v) is 11.6. The van der Waals surface area contributed by atoms with Gasteiger partial charge in [-0.2, -0.15) is 0 Å². The molecule has 0 saturated heterocycles. The quantitative estimate of drug-likeness (QED) is 0.946. The molecule has 0 aromatic heterocycles. The Bertz CT molecular complexity index is 812. The van der Waals surface area contributed by atoms with Gasteiger partial charge in [-0.25, -0.2) is 22.0 Å². The molecule has 0 saturated carbocycles. The molecular formula is C14H10F2O4S. The predicted octanol–water partition coefficient (Wildman–Crippen LogP) is 2.73. The summed E-state index contributed by atoms with van der Waals surface area (Å²) >= 11 is 0. The highest BCUT2D eigenvalue weighted by Crippen LogP contribution is 2.27. The molecule has 0 aliphatic heterocycles. The monoisotopic (exact) mass is 312 g/mol. The zero-order chi connectivity index (χ0) is 15.8. The van der Waals surface area contributed by atoms with Crippen LogP contribution < -0.4 is 0 Å². The second-order valence-corrected chi connectivity index (χ2v) is 6.41. The number of carboxylic acids is 1. The average molecular weight is 312 g/mol. The van der Waals surface area contributed by atoms with E-state index >= 15 is 0 Å². The van der Waals surface area contributed by atoms with E-state index in [0.717, 1.165) is 18.4 Å². The highest BCUT2D eigenvalue weighted by Gasteiger charge is 2.19. The maximum atomic E-state index is 13.9. The number of carboxylic acid groups (broad SMARTS) is 1. The van der Waals surface area contributed by atoms with Gasteiger partial charge in [0.15, 0.2) is 21.5 Å². The summed E-state index contributed by atoms with van der Waals surface area (Å²) in [6.45, 7) is 0. The van der Waals surface area contributed by atoms with E-state index in [-0.39, 0.29) is 16.0 Å². The standard InChI is InChI=1S/C14H10F2O4S/c1-21(19,20)9-4-2-8(3-5-9)10-6-7-11(14(17)18)13(16)12(10)15/h2-7H,1H3,(H,17,18). The molecule has 0 heterocycles. The Labute approximate surface area is 119 Å². The van der Waals surface area contributed by atoms with Crippen molar-refractivity contribution in [3.63, 3.8) is 0 Å². The number of halogens is 2. The first-order valence-corrected chi connectivity index (χ1v) is 7.62. The SMILES string of the molecule is CS(=O)(=O)c1ccc(-c2ccc(C(=O)O)c(F)c2F)cc1. The van der Waals surface area contributed by atoms with Crippen LogP contribution in [0.15, 0.2) is 41.3 Å². The molecule has 0 radical (unpaired) electrons. The van der Waals surface area contributed by atoms with Crippen molar-refractivity contribution < 1.29 is 27.1 Å². The normalized spacial score (nSPS) is 11.4. The third kappa shape index (κ3) is 2.92. The van der Waals surface area contributed by atoms with Gasteiger partial charge in [-0.05, 0) is 23.8 Å². The number of benzene rings is 2. The van der Waals surface area contributed by atoms with Crippen LogP contribution in [0.25, 0.3) is 11.1 Å². The fourth-order valence-corrected chi connectivity index (χ4v) is 2.45. The van der Waals surface area contributed by atoms with Crippen LogP contribution in [0, 0.1) is 11.6 Å². The van der Waals surface area contributed by atoms with Gasteiger partial charge in [0.1, 0.15) is 0 Å². The van der Waals surface area contributed by atoms with Crippen LogP contribution >= 0.6 is 0 Å². The topological polar surface area (TPSA) is 71.4 Å². The van der Waals surface area contributed by atoms with E-state index in [1.165, 1.54) is 24.3 Å². The lowest BCUT2D eigenvalue weighted by Gasteiger charge is -2.07. The highest BCUT2D eigenvalue weighted by atomic mass is 32.2. The third-order valence-electron chi connectivity index (χ3n) is 2.91. The third-order valence-corrected chi connectivity index (χ3v) is 4.03. The van der Waals surface area contributed by atoms with E-state index in [0.29, 0.717) is 0 Å². The predicted molar refractivity (Wildman–Crippen MR) is 71.9 cm³/mol. The van der Waals surface area contributed by atoms with E-state index in [2.05, 4.69) is 0 Å². The van der Waals surface area contributed by atoms with Crippen molar-refractivity contribution in [2.45, 2.75) is 4.90 Å². The molecule has 1 N–H and O–H groups in total. The molecule has 0 amide bonds. The first-order chi connectivity index (χ1) is 9.71. The first-order valence-electron chi connectivity index (χ1n) is 5.73. The summed E-state index contributed by atoms with van der Waals surface area (Å²) in [5, 5.41) is 8.70. The molecule has 2 aromatic carbocycles. The molecular weight excluding hydrogens is 302 g/mol. The summed E-state index contributed by atoms with van der Waals surface area (Å²) in [4.78, 5) is 10.8. The molecule has 0 fully saturated rings. The minimum Gasteiger partial charge on any atom is -0.478 e. The summed E-state index contributed by atoms with van der Waals surface area (Å²) in [6.07, 6.45) is 1.03. The molecule has 2 rings (SSSR count). The van der Waals surface area contributed by atoms with Gasteiger partial charge < -0.3 is 5.11 Å². The molecule has 0 aliphatic rings. The van der Waals surface area contributed by atoms with Crippen LogP contribution in [0.1, 0.15) is 10.4 Å². The van der Waals surface area contributed by atoms with Crippen molar-refractivity contribution in [3.8, 4) is 11.1 Å². The zero-order valence-electron chi connectivity index (χ0n) is 10.8. The van der Waals surface area contributed by atoms with E-state index in [1.54, 1.807) is 0 Å². The van der Waals surface area contributed by atoms with Gasteiger partial charge in [-0.3, -0.25) is 0 Å². The molecule has 2 aromatic rings. The van der Waals surface area contributed by atoms with E-state index in [4.69, 9.17) is 5.11 Å². The van der Waals surface area contributed by atoms with Crippen LogP contribution in [0.2, 0.25) is 0 Å². The Morgan fingerprint density at radius 2 is 1.57 bits per heavy atom. The second-order valence-electron chi connectivity index (χ2n) is 4.39. The summed E-state index contributed by atoms with van der Waals surface area (Å²) in [7, 11) is -3.38. The minimum atomic E-state index is -3.38. The molecule has 0 spiro atoms. The van der Waals surface area contributed by atoms with Gasteiger partial charge >= 0.3 is 5.97 Å². The van der Waals surface area contributed by atoms with Crippen LogP contribution in [-0.4, -0.2) is 25.7 Å². The number of rotatable bonds is 3. The van der Waals surface area contributed by atoms with Crippen molar-refractivity contribution in [1.29, 1.82) is 0 Å². The summed E-state index contributed by atoms with van der Waals surface area (Å²) in [5.41, 5.74) is -0.655. The molecule has 0 bridgehead atoms. The van der Waals surface area contributed by atoms with E-state index in [1.807, 2.05) is 0 Å². The molecule has 0 aliphatic carbocycles. The van der Waals surface area contributed by atoms with Gasteiger partial charge in [0.05, 0.1) is 10.5 Å². The molecule has 0 atom stereocenters. The largest absolute Gasteiger partial charge is 0.478 e. The summed E-state index contributed by atoms with van der Waals surface area (Å²) < 4.78 is 50.1. The Balaban J connectivity index is 2.53. The average Bonchev–Trinajstić information content (AvgIpc) is 2.40. The van der Waals surface area contributed by atoms with Crippen LogP contribution in [0.5, 0.6) is 0 Å². The summed E-state index contributed by atoms with van der Waals surface area (Å²) in [6, 6.07) is 7.29. The van der Waals surface area contributed by atoms with Gasteiger partial charge in [-0.15, -0.1) is 0 Å². The molecule has 21 heavy (non-hydrogen) atoms. The van der Waals surface area contributed by atoms with Crippen LogP contribution in [0.3, 0.4) is 0 Å². The maximum Gasteiger partial charge on any atom is 0.338 e. The van der Waals surface area contributed by atoms with Crippen molar-refractivity contribution >= 4 is 15.8 Å². The lowest BCUT2D eigenvalue weighted by Crippen LogP contribution is -2.04. The number of carbonyl (C=O) groups is 1. The maximum absolute atomic E-state index is 13.9.